The van der Waals surface area contributed by atoms with Gasteiger partial charge in [-0.2, -0.15) is 0 Å². The van der Waals surface area contributed by atoms with Crippen molar-refractivity contribution in [3.8, 4) is 33.8 Å². The standard InChI is InChI=1S/C45H47N3O4/c1-4-5-6-7-8-15-30-51-45(50)33(2)52-40-28-29-41(42(49)31-40)44(46-3)48-43(39-26-24-38(25-27-39)36-18-13-10-14-19-36)47-32-34-20-22-37(23-21-34)35-16-11-9-12-17-35/h9-14,16-29,31-33,49H,4-8,15,30H2,1-3H3. The van der Waals surface area contributed by atoms with Gasteiger partial charge >= 0.3 is 5.97 Å². The molecule has 0 saturated heterocycles. The Morgan fingerprint density at radius 3 is 1.88 bits per heavy atom. The van der Waals surface area contributed by atoms with Gasteiger partial charge < -0.3 is 14.6 Å². The van der Waals surface area contributed by atoms with Gasteiger partial charge in [0.05, 0.1) is 12.2 Å². The molecule has 0 spiro atoms. The fourth-order valence-electron chi connectivity index (χ4n) is 5.67. The molecule has 0 fully saturated rings. The monoisotopic (exact) mass is 693 g/mol. The van der Waals surface area contributed by atoms with E-state index in [-0.39, 0.29) is 11.6 Å². The third-order valence-electron chi connectivity index (χ3n) is 8.62. The van der Waals surface area contributed by atoms with Crippen molar-refractivity contribution in [1.82, 2.24) is 0 Å². The number of hydrogen-bond donors (Lipinski definition) is 1. The first-order valence-electron chi connectivity index (χ1n) is 18.0. The molecular formula is C45H47N3O4. The SMILES string of the molecule is CCCCCCCCOC(=O)C(C)Oc1ccc(C(N=C(N=Cc2ccc(-c3ccccc3)cc2)c2ccc(-c3ccccc3)cc2)=NC)c(O)c1. The second kappa shape index (κ2) is 19.5. The Bertz CT molecular complexity index is 1950. The lowest BCUT2D eigenvalue weighted by atomic mass is 10.0. The molecule has 0 aliphatic rings. The fraction of sp³-hybridized carbons (Fsp3) is 0.244. The van der Waals surface area contributed by atoms with Crippen LogP contribution in [-0.2, 0) is 9.53 Å². The van der Waals surface area contributed by atoms with Gasteiger partial charge in [-0.05, 0) is 53.3 Å². The van der Waals surface area contributed by atoms with Gasteiger partial charge in [-0.3, -0.25) is 4.99 Å². The Hall–Kier alpha value is -5.82. The van der Waals surface area contributed by atoms with E-state index < -0.39 is 12.1 Å². The fourth-order valence-corrected chi connectivity index (χ4v) is 5.67. The zero-order valence-electron chi connectivity index (χ0n) is 30.2. The number of amidine groups is 2. The molecule has 0 heterocycles. The average molecular weight is 694 g/mol. The highest BCUT2D eigenvalue weighted by atomic mass is 16.6. The molecule has 5 aromatic rings. The van der Waals surface area contributed by atoms with Crippen LogP contribution in [0.25, 0.3) is 22.3 Å². The third kappa shape index (κ3) is 10.8. The quantitative estimate of drug-likeness (QED) is 0.0511. The first-order valence-corrected chi connectivity index (χ1v) is 18.0. The van der Waals surface area contributed by atoms with E-state index in [2.05, 4.69) is 48.3 Å². The van der Waals surface area contributed by atoms with Crippen LogP contribution in [0.2, 0.25) is 0 Å². The van der Waals surface area contributed by atoms with E-state index in [1.807, 2.05) is 72.8 Å². The van der Waals surface area contributed by atoms with Crippen LogP contribution in [-0.4, -0.2) is 48.7 Å². The Labute approximate surface area is 307 Å². The topological polar surface area (TPSA) is 92.8 Å². The third-order valence-corrected chi connectivity index (χ3v) is 8.62. The van der Waals surface area contributed by atoms with Crippen LogP contribution >= 0.6 is 0 Å². The van der Waals surface area contributed by atoms with Crippen LogP contribution in [0.4, 0.5) is 0 Å². The van der Waals surface area contributed by atoms with Gasteiger partial charge in [0.2, 0.25) is 0 Å². The van der Waals surface area contributed by atoms with Crippen molar-refractivity contribution in [1.29, 1.82) is 0 Å². The zero-order chi connectivity index (χ0) is 36.5. The molecule has 52 heavy (non-hydrogen) atoms. The summed E-state index contributed by atoms with van der Waals surface area (Å²) in [7, 11) is 1.62. The molecule has 0 saturated carbocycles. The van der Waals surface area contributed by atoms with E-state index in [1.165, 1.54) is 25.3 Å². The molecule has 1 atom stereocenters. The normalized spacial score (nSPS) is 12.5. The van der Waals surface area contributed by atoms with Crippen LogP contribution < -0.4 is 4.74 Å². The Morgan fingerprint density at radius 1 is 0.712 bits per heavy atom. The van der Waals surface area contributed by atoms with Gasteiger partial charge in [-0.15, -0.1) is 0 Å². The average Bonchev–Trinajstić information content (AvgIpc) is 3.19. The number of benzene rings is 5. The second-order valence-electron chi connectivity index (χ2n) is 12.5. The summed E-state index contributed by atoms with van der Waals surface area (Å²) in [5.41, 5.74) is 6.53. The number of esters is 1. The molecular weight excluding hydrogens is 647 g/mol. The smallest absolute Gasteiger partial charge is 0.347 e. The summed E-state index contributed by atoms with van der Waals surface area (Å²) in [6.07, 6.45) is 7.60. The van der Waals surface area contributed by atoms with Gasteiger partial charge in [-0.25, -0.2) is 14.8 Å². The molecule has 0 bridgehead atoms. The summed E-state index contributed by atoms with van der Waals surface area (Å²) in [4.78, 5) is 26.6. The molecule has 0 aliphatic carbocycles. The number of carbonyl (C=O) groups excluding carboxylic acids is 1. The van der Waals surface area contributed by atoms with E-state index in [1.54, 1.807) is 32.3 Å². The Balaban J connectivity index is 1.33. The number of aromatic hydroxyl groups is 1. The minimum atomic E-state index is -0.829. The summed E-state index contributed by atoms with van der Waals surface area (Å²) in [6.45, 7) is 4.20. The second-order valence-corrected chi connectivity index (χ2v) is 12.5. The van der Waals surface area contributed by atoms with Crippen LogP contribution in [0.1, 0.15) is 69.1 Å². The molecule has 1 unspecified atom stereocenters. The predicted molar refractivity (Wildman–Crippen MR) is 213 cm³/mol. The maximum atomic E-state index is 12.5. The highest BCUT2D eigenvalue weighted by Gasteiger charge is 2.18. The number of rotatable bonds is 15. The van der Waals surface area contributed by atoms with Gasteiger partial charge in [-0.1, -0.05) is 148 Å². The summed E-state index contributed by atoms with van der Waals surface area (Å²) in [5, 5.41) is 11.1. The Morgan fingerprint density at radius 2 is 1.29 bits per heavy atom. The zero-order valence-corrected chi connectivity index (χ0v) is 30.2. The Kier molecular flexibility index (Phi) is 14.1. The van der Waals surface area contributed by atoms with Crippen LogP contribution in [0, 0.1) is 0 Å². The van der Waals surface area contributed by atoms with Gasteiger partial charge in [0.1, 0.15) is 11.5 Å². The molecule has 0 aromatic heterocycles. The molecule has 7 nitrogen and oxygen atoms in total. The highest BCUT2D eigenvalue weighted by molar-refractivity contribution is 6.15. The maximum Gasteiger partial charge on any atom is 0.347 e. The van der Waals surface area contributed by atoms with E-state index in [0.717, 1.165) is 52.6 Å². The van der Waals surface area contributed by atoms with Crippen molar-refractivity contribution < 1.29 is 19.4 Å². The molecule has 1 N–H and O–H groups in total. The molecule has 0 radical (unpaired) electrons. The minimum Gasteiger partial charge on any atom is -0.507 e. The molecule has 0 aliphatic heterocycles. The molecule has 0 amide bonds. The van der Waals surface area contributed by atoms with Crippen LogP contribution in [0.3, 0.4) is 0 Å². The summed E-state index contributed by atoms with van der Waals surface area (Å²) >= 11 is 0. The number of aliphatic imine (C=N–C) groups is 3. The first-order chi connectivity index (χ1) is 25.4. The van der Waals surface area contributed by atoms with Crippen molar-refractivity contribution in [2.24, 2.45) is 15.0 Å². The van der Waals surface area contributed by atoms with Crippen molar-refractivity contribution in [3.05, 3.63) is 144 Å². The summed E-state index contributed by atoms with van der Waals surface area (Å²) in [5.74, 6) is 0.517. The van der Waals surface area contributed by atoms with E-state index in [4.69, 9.17) is 19.5 Å². The lowest BCUT2D eigenvalue weighted by Gasteiger charge is -2.15. The predicted octanol–water partition coefficient (Wildman–Crippen LogP) is 10.3. The minimum absolute atomic E-state index is 0.0891. The molecule has 266 valence electrons. The molecule has 7 heteroatoms. The van der Waals surface area contributed by atoms with Crippen molar-refractivity contribution in [2.45, 2.75) is 58.5 Å². The lowest BCUT2D eigenvalue weighted by Crippen LogP contribution is -2.26. The number of phenolic OH excluding ortho intramolecular Hbond substituents is 1. The maximum absolute atomic E-state index is 12.5. The van der Waals surface area contributed by atoms with E-state index in [0.29, 0.717) is 23.8 Å². The number of phenols is 1. The summed E-state index contributed by atoms with van der Waals surface area (Å²) < 4.78 is 11.2. The van der Waals surface area contributed by atoms with Crippen molar-refractivity contribution >= 4 is 23.9 Å². The molecule has 5 aromatic carbocycles. The highest BCUT2D eigenvalue weighted by Crippen LogP contribution is 2.27. The van der Waals surface area contributed by atoms with Gasteiger partial charge in [0.15, 0.2) is 17.8 Å². The van der Waals surface area contributed by atoms with Crippen LogP contribution in [0.5, 0.6) is 11.5 Å². The number of ether oxygens (including phenoxy) is 2. The lowest BCUT2D eigenvalue weighted by molar-refractivity contribution is -0.151. The van der Waals surface area contributed by atoms with Crippen molar-refractivity contribution in [3.63, 3.8) is 0 Å². The van der Waals surface area contributed by atoms with E-state index in [9.17, 15) is 9.90 Å². The van der Waals surface area contributed by atoms with Gasteiger partial charge in [0.25, 0.3) is 0 Å². The number of hydrogen-bond acceptors (Lipinski definition) is 5. The van der Waals surface area contributed by atoms with Crippen LogP contribution in [0.15, 0.2) is 142 Å². The summed E-state index contributed by atoms with van der Waals surface area (Å²) in [6, 6.07) is 41.4. The molecule has 5 rings (SSSR count). The largest absolute Gasteiger partial charge is 0.507 e. The van der Waals surface area contributed by atoms with Gasteiger partial charge in [0, 0.05) is 24.9 Å². The van der Waals surface area contributed by atoms with Crippen molar-refractivity contribution in [2.75, 3.05) is 13.7 Å². The number of unbranched alkanes of at least 4 members (excludes halogenated alkanes) is 5. The first kappa shape index (κ1) is 37.4. The number of nitrogens with zero attached hydrogens (tertiary/aromatic N) is 3. The van der Waals surface area contributed by atoms with E-state index >= 15 is 0 Å². The number of carbonyl (C=O) groups is 1.